The number of hydrogen-bond acceptors (Lipinski definition) is 3. The molecule has 0 spiro atoms. The first-order valence-corrected chi connectivity index (χ1v) is 7.87. The van der Waals surface area contributed by atoms with Crippen LogP contribution in [-0.2, 0) is 12.6 Å². The van der Waals surface area contributed by atoms with E-state index < -0.39 is 34.8 Å². The lowest BCUT2D eigenvalue weighted by atomic mass is 9.88. The van der Waals surface area contributed by atoms with Crippen molar-refractivity contribution >= 4 is 11.3 Å². The van der Waals surface area contributed by atoms with Gasteiger partial charge in [-0.2, -0.15) is 13.2 Å². The molecule has 0 unspecified atom stereocenters. The topological polar surface area (TPSA) is 38.9 Å². The lowest BCUT2D eigenvalue weighted by Gasteiger charge is -2.22. The van der Waals surface area contributed by atoms with Gasteiger partial charge in [0, 0.05) is 16.8 Å². The number of hydrogen-bond donors (Lipinski definition) is 1. The fraction of sp³-hybridized carbons (Fsp3) is 0.400. The minimum Gasteiger partial charge on any atom is -0.323 e. The van der Waals surface area contributed by atoms with E-state index in [1.54, 1.807) is 0 Å². The minimum absolute atomic E-state index is 0.104. The Labute approximate surface area is 133 Å². The van der Waals surface area contributed by atoms with Gasteiger partial charge in [-0.1, -0.05) is 12.1 Å². The maximum atomic E-state index is 14.0. The number of nitrogens with two attached hydrogens (primary N) is 1. The molecule has 2 aromatic rings. The number of rotatable bonds is 1. The second-order valence-electron chi connectivity index (χ2n) is 5.50. The molecule has 8 heteroatoms. The standard InChI is InChI=1S/C15H13F5N2S/c16-9-5-1-3-7(11(9)17)8-4-2-6-10-13(12(8)21)23-14(22-10)15(18,19)20/h1,3,5,8,12H,2,4,6,21H2/t8-,12-/m0/s1. The predicted molar refractivity (Wildman–Crippen MR) is 76.1 cm³/mol. The number of halogens is 5. The molecule has 1 heterocycles. The van der Waals surface area contributed by atoms with Gasteiger partial charge in [-0.25, -0.2) is 13.8 Å². The van der Waals surface area contributed by atoms with Crippen molar-refractivity contribution in [2.45, 2.75) is 37.4 Å². The molecule has 2 N–H and O–H groups in total. The normalized spacial score (nSPS) is 21.8. The molecule has 0 amide bonds. The summed E-state index contributed by atoms with van der Waals surface area (Å²) in [5, 5.41) is -0.946. The summed E-state index contributed by atoms with van der Waals surface area (Å²) in [5.41, 5.74) is 6.53. The van der Waals surface area contributed by atoms with Gasteiger partial charge in [-0.05, 0) is 30.9 Å². The van der Waals surface area contributed by atoms with Gasteiger partial charge in [-0.15, -0.1) is 11.3 Å². The fourth-order valence-corrected chi connectivity index (χ4v) is 3.98. The Morgan fingerprint density at radius 3 is 2.65 bits per heavy atom. The van der Waals surface area contributed by atoms with Crippen molar-refractivity contribution in [2.75, 3.05) is 0 Å². The van der Waals surface area contributed by atoms with E-state index in [-0.39, 0.29) is 5.56 Å². The van der Waals surface area contributed by atoms with Gasteiger partial charge in [0.25, 0.3) is 0 Å². The molecule has 0 saturated carbocycles. The quantitative estimate of drug-likeness (QED) is 0.606. The molecule has 2 nitrogen and oxygen atoms in total. The maximum absolute atomic E-state index is 14.0. The van der Waals surface area contributed by atoms with Gasteiger partial charge in [0.2, 0.25) is 0 Å². The molecule has 1 aromatic heterocycles. The lowest BCUT2D eigenvalue weighted by molar-refractivity contribution is -0.137. The highest BCUT2D eigenvalue weighted by Gasteiger charge is 2.39. The molecule has 2 atom stereocenters. The summed E-state index contributed by atoms with van der Waals surface area (Å²) in [5.74, 6) is -2.55. The zero-order valence-electron chi connectivity index (χ0n) is 11.8. The number of aromatic nitrogens is 1. The number of fused-ring (bicyclic) bond motifs is 1. The zero-order chi connectivity index (χ0) is 16.8. The summed E-state index contributed by atoms with van der Waals surface area (Å²) in [4.78, 5) is 3.96. The Kier molecular flexibility index (Phi) is 4.14. The second kappa shape index (κ2) is 5.83. The number of alkyl halides is 3. The molecule has 1 aromatic carbocycles. The molecule has 3 rings (SSSR count). The van der Waals surface area contributed by atoms with Gasteiger partial charge in [0.05, 0.1) is 5.69 Å². The van der Waals surface area contributed by atoms with Crippen LogP contribution in [-0.4, -0.2) is 4.98 Å². The summed E-state index contributed by atoms with van der Waals surface area (Å²) < 4.78 is 66.0. The summed E-state index contributed by atoms with van der Waals surface area (Å²) in [7, 11) is 0. The minimum atomic E-state index is -4.53. The zero-order valence-corrected chi connectivity index (χ0v) is 12.6. The molecular formula is C15H13F5N2S. The van der Waals surface area contributed by atoms with Gasteiger partial charge in [-0.3, -0.25) is 0 Å². The monoisotopic (exact) mass is 348 g/mol. The number of thiazole rings is 1. The Balaban J connectivity index is 2.03. The highest BCUT2D eigenvalue weighted by molar-refractivity contribution is 7.12. The number of benzene rings is 1. The third kappa shape index (κ3) is 2.97. The maximum Gasteiger partial charge on any atom is 0.443 e. The average molecular weight is 348 g/mol. The van der Waals surface area contributed by atoms with E-state index in [2.05, 4.69) is 4.98 Å². The van der Waals surface area contributed by atoms with Gasteiger partial charge in [0.1, 0.15) is 0 Å². The predicted octanol–water partition coefficient (Wildman–Crippen LogP) is 4.56. The Morgan fingerprint density at radius 2 is 1.96 bits per heavy atom. The third-order valence-electron chi connectivity index (χ3n) is 4.02. The molecular weight excluding hydrogens is 335 g/mol. The van der Waals surface area contributed by atoms with Crippen molar-refractivity contribution in [1.82, 2.24) is 4.98 Å². The fourth-order valence-electron chi connectivity index (χ4n) is 2.93. The molecule has 0 aliphatic heterocycles. The molecule has 1 aliphatic rings. The first-order chi connectivity index (χ1) is 10.8. The van der Waals surface area contributed by atoms with Crippen LogP contribution in [0, 0.1) is 11.6 Å². The van der Waals surface area contributed by atoms with Crippen molar-refractivity contribution in [3.05, 3.63) is 51.0 Å². The van der Waals surface area contributed by atoms with Crippen LogP contribution in [0.5, 0.6) is 0 Å². The van der Waals surface area contributed by atoms with E-state index in [9.17, 15) is 22.0 Å². The van der Waals surface area contributed by atoms with Crippen LogP contribution < -0.4 is 5.73 Å². The molecule has 0 saturated heterocycles. The van der Waals surface area contributed by atoms with Crippen LogP contribution in [0.1, 0.15) is 45.9 Å². The van der Waals surface area contributed by atoms with E-state index in [1.165, 1.54) is 12.1 Å². The average Bonchev–Trinajstić information content (AvgIpc) is 2.85. The Bertz CT molecular complexity index is 725. The van der Waals surface area contributed by atoms with Crippen LogP contribution in [0.4, 0.5) is 22.0 Å². The number of nitrogens with zero attached hydrogens (tertiary/aromatic N) is 1. The van der Waals surface area contributed by atoms with E-state index in [4.69, 9.17) is 5.73 Å². The molecule has 0 radical (unpaired) electrons. The first-order valence-electron chi connectivity index (χ1n) is 7.05. The molecule has 1 aliphatic carbocycles. The molecule has 0 fully saturated rings. The van der Waals surface area contributed by atoms with E-state index >= 15 is 0 Å². The van der Waals surface area contributed by atoms with Crippen LogP contribution >= 0.6 is 11.3 Å². The smallest absolute Gasteiger partial charge is 0.323 e. The highest BCUT2D eigenvalue weighted by atomic mass is 32.1. The largest absolute Gasteiger partial charge is 0.443 e. The van der Waals surface area contributed by atoms with Crippen LogP contribution in [0.25, 0.3) is 0 Å². The summed E-state index contributed by atoms with van der Waals surface area (Å²) >= 11 is 0.495. The SMILES string of the molecule is N[C@@H]1c2sc(C(F)(F)F)nc2CCC[C@H]1c1cccc(F)c1F. The van der Waals surface area contributed by atoms with Gasteiger partial charge >= 0.3 is 6.18 Å². The summed E-state index contributed by atoms with van der Waals surface area (Å²) in [6.07, 6.45) is -3.20. The summed E-state index contributed by atoms with van der Waals surface area (Å²) in [6, 6.07) is 2.97. The van der Waals surface area contributed by atoms with Crippen LogP contribution in [0.15, 0.2) is 18.2 Å². The molecule has 124 valence electrons. The van der Waals surface area contributed by atoms with Crippen LogP contribution in [0.3, 0.4) is 0 Å². The van der Waals surface area contributed by atoms with Gasteiger partial charge in [0.15, 0.2) is 16.6 Å². The second-order valence-corrected chi connectivity index (χ2v) is 6.53. The Morgan fingerprint density at radius 1 is 1.22 bits per heavy atom. The van der Waals surface area contributed by atoms with E-state index in [0.29, 0.717) is 41.2 Å². The van der Waals surface area contributed by atoms with Crippen molar-refractivity contribution in [3.63, 3.8) is 0 Å². The van der Waals surface area contributed by atoms with Crippen molar-refractivity contribution in [3.8, 4) is 0 Å². The summed E-state index contributed by atoms with van der Waals surface area (Å²) in [6.45, 7) is 0. The van der Waals surface area contributed by atoms with E-state index in [0.717, 1.165) is 6.07 Å². The Hall–Kier alpha value is -1.54. The van der Waals surface area contributed by atoms with Crippen molar-refractivity contribution in [1.29, 1.82) is 0 Å². The van der Waals surface area contributed by atoms with Crippen molar-refractivity contribution in [2.24, 2.45) is 5.73 Å². The molecule has 23 heavy (non-hydrogen) atoms. The van der Waals surface area contributed by atoms with E-state index in [1.807, 2.05) is 0 Å². The van der Waals surface area contributed by atoms with Crippen LogP contribution in [0.2, 0.25) is 0 Å². The van der Waals surface area contributed by atoms with Gasteiger partial charge < -0.3 is 5.73 Å². The molecule has 0 bridgehead atoms. The van der Waals surface area contributed by atoms with Crippen molar-refractivity contribution < 1.29 is 22.0 Å². The highest BCUT2D eigenvalue weighted by Crippen LogP contribution is 2.44. The number of aryl methyl sites for hydroxylation is 1. The lowest BCUT2D eigenvalue weighted by Crippen LogP contribution is -2.20. The third-order valence-corrected chi connectivity index (χ3v) is 5.26. The first kappa shape index (κ1) is 16.3.